The molecule has 21 heavy (non-hydrogen) atoms. The Kier molecular flexibility index (Phi) is 4.91. The zero-order chi connectivity index (χ0) is 14.7. The lowest BCUT2D eigenvalue weighted by molar-refractivity contribution is 0.0460. The molecule has 2 unspecified atom stereocenters. The number of hydrogen-bond acceptors (Lipinski definition) is 4. The van der Waals surface area contributed by atoms with Crippen LogP contribution < -0.4 is 0 Å². The van der Waals surface area contributed by atoms with Gasteiger partial charge in [0.15, 0.2) is 0 Å². The van der Waals surface area contributed by atoms with Gasteiger partial charge in [-0.2, -0.15) is 0 Å². The standard InChI is InChI=1S/C17H27N3O/c1-2-18-8-10-20(11-9-18)16-13-19(14-17(16)21)12-15-6-4-3-5-7-15/h3-7,16-17,21H,2,8-14H2,1H3. The molecule has 0 spiro atoms. The summed E-state index contributed by atoms with van der Waals surface area (Å²) in [6.45, 7) is 10.6. The fourth-order valence-electron chi connectivity index (χ4n) is 3.59. The van der Waals surface area contributed by atoms with Gasteiger partial charge in [-0.05, 0) is 12.1 Å². The molecule has 0 bridgehead atoms. The highest BCUT2D eigenvalue weighted by Gasteiger charge is 2.36. The van der Waals surface area contributed by atoms with Gasteiger partial charge < -0.3 is 10.0 Å². The fourth-order valence-corrected chi connectivity index (χ4v) is 3.59. The van der Waals surface area contributed by atoms with E-state index in [2.05, 4.69) is 52.0 Å². The molecule has 1 aromatic carbocycles. The second-order valence-electron chi connectivity index (χ2n) is 6.28. The van der Waals surface area contributed by atoms with Crippen LogP contribution in [0.2, 0.25) is 0 Å². The van der Waals surface area contributed by atoms with Crippen molar-refractivity contribution in [3.63, 3.8) is 0 Å². The van der Waals surface area contributed by atoms with Crippen LogP contribution in [0.25, 0.3) is 0 Å². The molecular formula is C17H27N3O. The van der Waals surface area contributed by atoms with Gasteiger partial charge in [0.2, 0.25) is 0 Å². The van der Waals surface area contributed by atoms with Crippen LogP contribution in [0.1, 0.15) is 12.5 Å². The number of benzene rings is 1. The zero-order valence-electron chi connectivity index (χ0n) is 13.0. The molecule has 0 aromatic heterocycles. The predicted octanol–water partition coefficient (Wildman–Crippen LogP) is 0.869. The van der Waals surface area contributed by atoms with E-state index in [0.29, 0.717) is 6.04 Å². The quantitative estimate of drug-likeness (QED) is 0.891. The lowest BCUT2D eigenvalue weighted by Gasteiger charge is -2.38. The molecule has 1 N–H and O–H groups in total. The van der Waals surface area contributed by atoms with Crippen LogP contribution in [0.3, 0.4) is 0 Å². The van der Waals surface area contributed by atoms with Crippen molar-refractivity contribution >= 4 is 0 Å². The van der Waals surface area contributed by atoms with Crippen LogP contribution in [0.4, 0.5) is 0 Å². The average molecular weight is 289 g/mol. The SMILES string of the molecule is CCN1CCN(C2CN(Cc3ccccc3)CC2O)CC1. The summed E-state index contributed by atoms with van der Waals surface area (Å²) >= 11 is 0. The Labute approximate surface area is 128 Å². The van der Waals surface area contributed by atoms with Crippen molar-refractivity contribution in [2.45, 2.75) is 25.6 Å². The first-order chi connectivity index (χ1) is 10.3. The summed E-state index contributed by atoms with van der Waals surface area (Å²) in [7, 11) is 0. The molecule has 3 rings (SSSR count). The summed E-state index contributed by atoms with van der Waals surface area (Å²) in [5.74, 6) is 0. The van der Waals surface area contributed by atoms with Gasteiger partial charge in [0.05, 0.1) is 6.10 Å². The fraction of sp³-hybridized carbons (Fsp3) is 0.647. The number of piperazine rings is 1. The minimum absolute atomic E-state index is 0.207. The van der Waals surface area contributed by atoms with Crippen LogP contribution in [0.15, 0.2) is 30.3 Å². The lowest BCUT2D eigenvalue weighted by Crippen LogP contribution is -2.53. The number of hydrogen-bond donors (Lipinski definition) is 1. The van der Waals surface area contributed by atoms with E-state index < -0.39 is 0 Å². The third-order valence-electron chi connectivity index (χ3n) is 4.91. The van der Waals surface area contributed by atoms with Gasteiger partial charge in [-0.3, -0.25) is 9.80 Å². The largest absolute Gasteiger partial charge is 0.390 e. The molecule has 2 fully saturated rings. The number of β-amino-alcohol motifs (C(OH)–C–C–N with tert-alkyl or cyclic N) is 1. The van der Waals surface area contributed by atoms with E-state index in [9.17, 15) is 5.11 Å². The van der Waals surface area contributed by atoms with E-state index in [1.807, 2.05) is 0 Å². The molecule has 116 valence electrons. The molecule has 4 nitrogen and oxygen atoms in total. The van der Waals surface area contributed by atoms with Gasteiger partial charge >= 0.3 is 0 Å². The summed E-state index contributed by atoms with van der Waals surface area (Å²) in [5.41, 5.74) is 1.33. The Hall–Kier alpha value is -0.940. The summed E-state index contributed by atoms with van der Waals surface area (Å²) in [6.07, 6.45) is -0.207. The van der Waals surface area contributed by atoms with Crippen molar-refractivity contribution in [2.75, 3.05) is 45.8 Å². The summed E-state index contributed by atoms with van der Waals surface area (Å²) in [5, 5.41) is 10.4. The molecule has 0 saturated carbocycles. The maximum absolute atomic E-state index is 10.4. The number of likely N-dealkylation sites (tertiary alicyclic amines) is 1. The molecule has 2 saturated heterocycles. The second-order valence-corrected chi connectivity index (χ2v) is 6.28. The van der Waals surface area contributed by atoms with Crippen LogP contribution >= 0.6 is 0 Å². The smallest absolute Gasteiger partial charge is 0.0834 e. The van der Waals surface area contributed by atoms with Gasteiger partial charge in [-0.25, -0.2) is 0 Å². The average Bonchev–Trinajstić information content (AvgIpc) is 2.89. The third kappa shape index (κ3) is 3.64. The van der Waals surface area contributed by atoms with Crippen molar-refractivity contribution in [3.05, 3.63) is 35.9 Å². The van der Waals surface area contributed by atoms with Gasteiger partial charge in [0.25, 0.3) is 0 Å². The molecule has 2 aliphatic heterocycles. The van der Waals surface area contributed by atoms with E-state index in [1.54, 1.807) is 0 Å². The van der Waals surface area contributed by atoms with Gasteiger partial charge in [-0.15, -0.1) is 0 Å². The topological polar surface area (TPSA) is 30.0 Å². The Bertz CT molecular complexity index is 431. The first kappa shape index (κ1) is 15.0. The van der Waals surface area contributed by atoms with Crippen molar-refractivity contribution in [2.24, 2.45) is 0 Å². The number of aliphatic hydroxyl groups is 1. The summed E-state index contributed by atoms with van der Waals surface area (Å²) < 4.78 is 0. The molecule has 2 aliphatic rings. The molecular weight excluding hydrogens is 262 g/mol. The monoisotopic (exact) mass is 289 g/mol. The summed E-state index contributed by atoms with van der Waals surface area (Å²) in [4.78, 5) is 7.36. The third-order valence-corrected chi connectivity index (χ3v) is 4.91. The van der Waals surface area contributed by atoms with Crippen LogP contribution in [-0.2, 0) is 6.54 Å². The van der Waals surface area contributed by atoms with Crippen LogP contribution in [0, 0.1) is 0 Å². The maximum atomic E-state index is 10.4. The number of likely N-dealkylation sites (N-methyl/N-ethyl adjacent to an activating group) is 1. The van der Waals surface area contributed by atoms with E-state index in [4.69, 9.17) is 0 Å². The number of aliphatic hydroxyl groups excluding tert-OH is 1. The van der Waals surface area contributed by atoms with Gasteiger partial charge in [-0.1, -0.05) is 37.3 Å². The Morgan fingerprint density at radius 1 is 1.00 bits per heavy atom. The summed E-state index contributed by atoms with van der Waals surface area (Å²) in [6, 6.07) is 10.9. The van der Waals surface area contributed by atoms with Gasteiger partial charge in [0.1, 0.15) is 0 Å². The highest BCUT2D eigenvalue weighted by atomic mass is 16.3. The Morgan fingerprint density at radius 2 is 1.71 bits per heavy atom. The van der Waals surface area contributed by atoms with Crippen LogP contribution in [0.5, 0.6) is 0 Å². The molecule has 1 aromatic rings. The Morgan fingerprint density at radius 3 is 2.38 bits per heavy atom. The van der Waals surface area contributed by atoms with E-state index >= 15 is 0 Å². The first-order valence-corrected chi connectivity index (χ1v) is 8.17. The molecule has 0 aliphatic carbocycles. The van der Waals surface area contributed by atoms with E-state index in [0.717, 1.165) is 52.4 Å². The van der Waals surface area contributed by atoms with Crippen molar-refractivity contribution in [1.29, 1.82) is 0 Å². The molecule has 0 radical (unpaired) electrons. The molecule has 0 amide bonds. The first-order valence-electron chi connectivity index (χ1n) is 8.17. The van der Waals surface area contributed by atoms with Gasteiger partial charge in [0, 0.05) is 51.9 Å². The highest BCUT2D eigenvalue weighted by Crippen LogP contribution is 2.20. The van der Waals surface area contributed by atoms with E-state index in [1.165, 1.54) is 5.56 Å². The maximum Gasteiger partial charge on any atom is 0.0834 e. The van der Waals surface area contributed by atoms with Crippen molar-refractivity contribution < 1.29 is 5.11 Å². The normalized spacial score (nSPS) is 29.0. The minimum atomic E-state index is -0.207. The number of rotatable bonds is 4. The Balaban J connectivity index is 1.54. The predicted molar refractivity (Wildman–Crippen MR) is 85.2 cm³/mol. The molecule has 4 heteroatoms. The van der Waals surface area contributed by atoms with E-state index in [-0.39, 0.29) is 6.10 Å². The van der Waals surface area contributed by atoms with Crippen molar-refractivity contribution in [1.82, 2.24) is 14.7 Å². The zero-order valence-corrected chi connectivity index (χ0v) is 13.0. The molecule has 2 heterocycles. The van der Waals surface area contributed by atoms with Crippen LogP contribution in [-0.4, -0.2) is 77.8 Å². The number of nitrogens with zero attached hydrogens (tertiary/aromatic N) is 3. The minimum Gasteiger partial charge on any atom is -0.390 e. The second kappa shape index (κ2) is 6.88. The lowest BCUT2D eigenvalue weighted by atomic mass is 10.1. The highest BCUT2D eigenvalue weighted by molar-refractivity contribution is 5.15. The molecule has 2 atom stereocenters. The van der Waals surface area contributed by atoms with Crippen molar-refractivity contribution in [3.8, 4) is 0 Å².